The van der Waals surface area contributed by atoms with Gasteiger partial charge in [-0.2, -0.15) is 8.78 Å². The quantitative estimate of drug-likeness (QED) is 0.749. The first-order chi connectivity index (χ1) is 7.00. The molecule has 0 heterocycles. The maximum Gasteiger partial charge on any atom is 0.387 e. The Morgan fingerprint density at radius 1 is 1.53 bits per heavy atom. The number of hydrogen-bond acceptors (Lipinski definition) is 2. The van der Waals surface area contributed by atoms with Gasteiger partial charge in [0.25, 0.3) is 0 Å². The van der Waals surface area contributed by atoms with Gasteiger partial charge >= 0.3 is 6.61 Å². The molecular weight excluding hydrogens is 226 g/mol. The summed E-state index contributed by atoms with van der Waals surface area (Å²) in [4.78, 5) is 10.7. The number of carbonyl (C=O) groups excluding carboxylic acids is 1. The fourth-order valence-corrected chi connectivity index (χ4v) is 1.38. The zero-order chi connectivity index (χ0) is 11.4. The number of aryl methyl sites for hydroxylation is 1. The van der Waals surface area contributed by atoms with Crippen molar-refractivity contribution < 1.29 is 18.3 Å². The Bertz CT molecular complexity index is 366. The van der Waals surface area contributed by atoms with Crippen LogP contribution < -0.4 is 4.74 Å². The molecule has 0 aromatic heterocycles. The average molecular weight is 235 g/mol. The monoisotopic (exact) mass is 234 g/mol. The van der Waals surface area contributed by atoms with Gasteiger partial charge in [0, 0.05) is 5.56 Å². The van der Waals surface area contributed by atoms with Gasteiger partial charge < -0.3 is 4.74 Å². The Hall–Kier alpha value is -1.16. The zero-order valence-electron chi connectivity index (χ0n) is 7.97. The van der Waals surface area contributed by atoms with Crippen LogP contribution in [0.3, 0.4) is 0 Å². The zero-order valence-corrected chi connectivity index (χ0v) is 8.72. The van der Waals surface area contributed by atoms with Crippen LogP contribution in [0.5, 0.6) is 5.75 Å². The van der Waals surface area contributed by atoms with E-state index in [2.05, 4.69) is 4.74 Å². The van der Waals surface area contributed by atoms with Crippen molar-refractivity contribution in [2.75, 3.05) is 0 Å². The fraction of sp³-hybridized carbons (Fsp3) is 0.300. The third-order valence-corrected chi connectivity index (χ3v) is 2.03. The van der Waals surface area contributed by atoms with Gasteiger partial charge in [0.05, 0.1) is 6.42 Å². The van der Waals surface area contributed by atoms with Crippen molar-refractivity contribution in [2.45, 2.75) is 20.0 Å². The van der Waals surface area contributed by atoms with Crippen molar-refractivity contribution in [3.8, 4) is 5.75 Å². The van der Waals surface area contributed by atoms with Gasteiger partial charge in [-0.1, -0.05) is 12.1 Å². The van der Waals surface area contributed by atoms with Crippen LogP contribution in [-0.2, 0) is 11.2 Å². The minimum absolute atomic E-state index is 0.000926. The molecule has 0 saturated heterocycles. The first-order valence-electron chi connectivity index (χ1n) is 4.22. The molecule has 1 rings (SSSR count). The first-order valence-corrected chi connectivity index (χ1v) is 4.60. The summed E-state index contributed by atoms with van der Waals surface area (Å²) in [5.74, 6) is -0.000926. The molecule has 0 unspecified atom stereocenters. The van der Waals surface area contributed by atoms with Gasteiger partial charge in [-0.25, -0.2) is 0 Å². The lowest BCUT2D eigenvalue weighted by Crippen LogP contribution is -2.07. The van der Waals surface area contributed by atoms with Crippen LogP contribution in [0.1, 0.15) is 11.1 Å². The minimum Gasteiger partial charge on any atom is -0.435 e. The van der Waals surface area contributed by atoms with Crippen LogP contribution in [0.25, 0.3) is 0 Å². The molecule has 2 nitrogen and oxygen atoms in total. The molecule has 0 fully saturated rings. The first kappa shape index (κ1) is 11.9. The highest BCUT2D eigenvalue weighted by Crippen LogP contribution is 2.24. The molecule has 15 heavy (non-hydrogen) atoms. The topological polar surface area (TPSA) is 26.3 Å². The standard InChI is InChI=1S/C10H9ClF2O2/c1-6-3-2-4-8(15-10(12)13)7(6)5-9(11)14/h2-4,10H,5H2,1H3. The van der Waals surface area contributed by atoms with Gasteiger partial charge in [-0.05, 0) is 30.2 Å². The van der Waals surface area contributed by atoms with E-state index in [4.69, 9.17) is 11.6 Å². The van der Waals surface area contributed by atoms with E-state index in [-0.39, 0.29) is 12.2 Å². The number of halogens is 3. The predicted molar refractivity (Wildman–Crippen MR) is 52.4 cm³/mol. The van der Waals surface area contributed by atoms with Crippen LogP contribution >= 0.6 is 11.6 Å². The highest BCUT2D eigenvalue weighted by Gasteiger charge is 2.13. The molecule has 1 aromatic carbocycles. The van der Waals surface area contributed by atoms with Crippen LogP contribution in [0, 0.1) is 6.92 Å². The summed E-state index contributed by atoms with van der Waals surface area (Å²) < 4.78 is 28.3. The predicted octanol–water partition coefficient (Wildman–Crippen LogP) is 2.90. The van der Waals surface area contributed by atoms with Gasteiger partial charge in [0.1, 0.15) is 5.75 Å². The van der Waals surface area contributed by atoms with E-state index in [1.54, 1.807) is 19.1 Å². The highest BCUT2D eigenvalue weighted by molar-refractivity contribution is 6.63. The van der Waals surface area contributed by atoms with Crippen LogP contribution in [0.4, 0.5) is 8.78 Å². The number of carbonyl (C=O) groups is 1. The summed E-state index contributed by atoms with van der Waals surface area (Å²) in [5.41, 5.74) is 1.10. The summed E-state index contributed by atoms with van der Waals surface area (Å²) >= 11 is 5.21. The summed E-state index contributed by atoms with van der Waals surface area (Å²) in [6.07, 6.45) is -0.115. The van der Waals surface area contributed by atoms with E-state index in [0.29, 0.717) is 11.1 Å². The highest BCUT2D eigenvalue weighted by atomic mass is 35.5. The second-order valence-electron chi connectivity index (χ2n) is 2.96. The number of hydrogen-bond donors (Lipinski definition) is 0. The van der Waals surface area contributed by atoms with Gasteiger partial charge in [-0.3, -0.25) is 4.79 Å². The van der Waals surface area contributed by atoms with Crippen molar-refractivity contribution in [3.63, 3.8) is 0 Å². The number of ether oxygens (including phenoxy) is 1. The molecule has 0 radical (unpaired) electrons. The Labute approximate surface area is 90.8 Å². The lowest BCUT2D eigenvalue weighted by Gasteiger charge is -2.11. The smallest absolute Gasteiger partial charge is 0.387 e. The molecule has 0 N–H and O–H groups in total. The molecule has 0 saturated carbocycles. The van der Waals surface area contributed by atoms with Crippen LogP contribution in [0.15, 0.2) is 18.2 Å². The molecule has 0 aliphatic rings. The lowest BCUT2D eigenvalue weighted by atomic mass is 10.1. The Kier molecular flexibility index (Phi) is 4.03. The molecular formula is C10H9ClF2O2. The summed E-state index contributed by atoms with van der Waals surface area (Å²) in [6.45, 7) is -1.20. The molecule has 0 amide bonds. The lowest BCUT2D eigenvalue weighted by molar-refractivity contribution is -0.111. The fourth-order valence-electron chi connectivity index (χ4n) is 1.25. The largest absolute Gasteiger partial charge is 0.435 e. The number of benzene rings is 1. The Balaban J connectivity index is 3.02. The Morgan fingerprint density at radius 3 is 2.73 bits per heavy atom. The molecule has 0 spiro atoms. The third kappa shape index (κ3) is 3.47. The molecule has 1 aromatic rings. The van der Waals surface area contributed by atoms with Crippen molar-refractivity contribution in [1.82, 2.24) is 0 Å². The van der Waals surface area contributed by atoms with Gasteiger partial charge in [0.15, 0.2) is 0 Å². The van der Waals surface area contributed by atoms with E-state index in [0.717, 1.165) is 0 Å². The average Bonchev–Trinajstić information content (AvgIpc) is 2.09. The molecule has 0 atom stereocenters. The normalized spacial score (nSPS) is 10.5. The summed E-state index contributed by atoms with van der Waals surface area (Å²) in [6, 6.07) is 4.66. The van der Waals surface area contributed by atoms with E-state index in [1.165, 1.54) is 6.07 Å². The number of rotatable bonds is 4. The van der Waals surface area contributed by atoms with Crippen LogP contribution in [0.2, 0.25) is 0 Å². The van der Waals surface area contributed by atoms with Crippen molar-refractivity contribution in [3.05, 3.63) is 29.3 Å². The summed E-state index contributed by atoms with van der Waals surface area (Å²) in [5, 5.41) is -0.608. The maximum atomic E-state index is 12.0. The molecule has 5 heteroatoms. The van der Waals surface area contributed by atoms with Crippen molar-refractivity contribution in [2.24, 2.45) is 0 Å². The SMILES string of the molecule is Cc1cccc(OC(F)F)c1CC(=O)Cl. The van der Waals surface area contributed by atoms with Gasteiger partial charge in [0.2, 0.25) is 5.24 Å². The number of alkyl halides is 2. The van der Waals surface area contributed by atoms with Gasteiger partial charge in [-0.15, -0.1) is 0 Å². The molecule has 0 aliphatic carbocycles. The van der Waals surface area contributed by atoms with E-state index < -0.39 is 11.9 Å². The molecule has 82 valence electrons. The molecule has 0 aliphatic heterocycles. The minimum atomic E-state index is -2.91. The van der Waals surface area contributed by atoms with E-state index in [9.17, 15) is 13.6 Å². The van der Waals surface area contributed by atoms with Crippen molar-refractivity contribution in [1.29, 1.82) is 0 Å². The maximum absolute atomic E-state index is 12.0. The van der Waals surface area contributed by atoms with Crippen LogP contribution in [-0.4, -0.2) is 11.9 Å². The van der Waals surface area contributed by atoms with E-state index >= 15 is 0 Å². The molecule has 0 bridgehead atoms. The van der Waals surface area contributed by atoms with E-state index in [1.807, 2.05) is 0 Å². The second-order valence-corrected chi connectivity index (χ2v) is 3.38. The summed E-state index contributed by atoms with van der Waals surface area (Å²) in [7, 11) is 0. The Morgan fingerprint density at radius 2 is 2.20 bits per heavy atom. The third-order valence-electron chi connectivity index (χ3n) is 1.90. The van der Waals surface area contributed by atoms with Crippen molar-refractivity contribution >= 4 is 16.8 Å². The second kappa shape index (κ2) is 5.07.